The van der Waals surface area contributed by atoms with Crippen molar-refractivity contribution < 1.29 is 18.6 Å². The molecule has 4 atom stereocenters. The zero-order valence-electron chi connectivity index (χ0n) is 15.3. The topological polar surface area (TPSA) is 112 Å². The number of hydrogen-bond acceptors (Lipinski definition) is 7. The van der Waals surface area contributed by atoms with Gasteiger partial charge in [0.1, 0.15) is 18.3 Å². The van der Waals surface area contributed by atoms with Crippen LogP contribution in [-0.4, -0.2) is 35.1 Å². The van der Waals surface area contributed by atoms with Gasteiger partial charge in [-0.1, -0.05) is 25.1 Å². The highest BCUT2D eigenvalue weighted by Gasteiger charge is 2.34. The molecule has 1 aliphatic rings. The monoisotopic (exact) mass is 407 g/mol. The van der Waals surface area contributed by atoms with E-state index in [1.165, 1.54) is 16.8 Å². The first-order chi connectivity index (χ1) is 13.6. The average molecular weight is 407 g/mol. The van der Waals surface area contributed by atoms with Gasteiger partial charge in [0, 0.05) is 18.2 Å². The molecule has 0 spiro atoms. The van der Waals surface area contributed by atoms with Crippen LogP contribution in [0.1, 0.15) is 19.6 Å². The Balaban J connectivity index is 1.60. The smallest absolute Gasteiger partial charge is 0.330 e. The van der Waals surface area contributed by atoms with E-state index in [0.717, 1.165) is 6.29 Å². The summed E-state index contributed by atoms with van der Waals surface area (Å²) in [6.07, 6.45) is 2.12. The molecule has 1 fully saturated rings. The molecule has 2 heterocycles. The molecule has 0 aliphatic carbocycles. The molecular weight excluding hydrogens is 385 g/mol. The van der Waals surface area contributed by atoms with E-state index >= 15 is 0 Å². The number of H-pyrrole nitrogens is 1. The van der Waals surface area contributed by atoms with Crippen molar-refractivity contribution in [2.75, 3.05) is 13.2 Å². The fourth-order valence-corrected chi connectivity index (χ4v) is 3.98. The van der Waals surface area contributed by atoms with Crippen molar-refractivity contribution >= 4 is 14.8 Å². The Kier molecular flexibility index (Phi) is 7.11. The number of aromatic amines is 1. The summed E-state index contributed by atoms with van der Waals surface area (Å²) in [6.45, 7) is 2.31. The van der Waals surface area contributed by atoms with Crippen LogP contribution < -0.4 is 20.9 Å². The van der Waals surface area contributed by atoms with E-state index < -0.39 is 26.0 Å². The predicted octanol–water partition coefficient (Wildman–Crippen LogP) is 1.57. The summed E-state index contributed by atoms with van der Waals surface area (Å²) in [5.41, 5.74) is -0.954. The molecule has 3 rings (SSSR count). The second kappa shape index (κ2) is 9.75. The van der Waals surface area contributed by atoms with Gasteiger partial charge in [-0.25, -0.2) is 9.88 Å². The van der Waals surface area contributed by atoms with Gasteiger partial charge in [0.15, 0.2) is 0 Å². The third-order valence-electron chi connectivity index (χ3n) is 4.19. The van der Waals surface area contributed by atoms with Gasteiger partial charge in [0.2, 0.25) is 0 Å². The van der Waals surface area contributed by atoms with Gasteiger partial charge in [0.25, 0.3) is 5.56 Å². The summed E-state index contributed by atoms with van der Waals surface area (Å²) in [4.78, 5) is 36.2. The van der Waals surface area contributed by atoms with Crippen LogP contribution in [0.3, 0.4) is 0 Å². The van der Waals surface area contributed by atoms with Crippen LogP contribution in [0, 0.1) is 5.92 Å². The lowest BCUT2D eigenvalue weighted by molar-refractivity contribution is -0.106. The maximum absolute atomic E-state index is 12.0. The molecule has 2 N–H and O–H groups in total. The molecule has 0 unspecified atom stereocenters. The quantitative estimate of drug-likeness (QED) is 0.479. The molecule has 10 heteroatoms. The lowest BCUT2D eigenvalue weighted by Crippen LogP contribution is -2.33. The lowest BCUT2D eigenvalue weighted by atomic mass is 10.1. The number of aldehydes is 1. The summed E-state index contributed by atoms with van der Waals surface area (Å²) in [6, 6.07) is 10.5. The minimum Gasteiger partial charge on any atom is -0.436 e. The molecule has 2 aromatic rings. The maximum Gasteiger partial charge on any atom is 0.330 e. The van der Waals surface area contributed by atoms with Gasteiger partial charge in [-0.3, -0.25) is 14.3 Å². The number of hydrogen-bond donors (Lipinski definition) is 2. The summed E-state index contributed by atoms with van der Waals surface area (Å²) in [7, 11) is -1.53. The molecule has 1 aliphatic heterocycles. The van der Waals surface area contributed by atoms with Crippen molar-refractivity contribution in [1.29, 1.82) is 0 Å². The van der Waals surface area contributed by atoms with Gasteiger partial charge in [-0.15, -0.1) is 0 Å². The molecular formula is C18H22N3O6P. The maximum atomic E-state index is 12.0. The normalized spacial score (nSPS) is 22.7. The van der Waals surface area contributed by atoms with Crippen molar-refractivity contribution in [3.63, 3.8) is 0 Å². The first kappa shape index (κ1) is 20.4. The molecule has 150 valence electrons. The van der Waals surface area contributed by atoms with Crippen LogP contribution in [0.15, 0.2) is 52.2 Å². The number of benzene rings is 1. The van der Waals surface area contributed by atoms with E-state index in [1.807, 2.05) is 25.1 Å². The summed E-state index contributed by atoms with van der Waals surface area (Å²) < 4.78 is 18.9. The van der Waals surface area contributed by atoms with Crippen molar-refractivity contribution in [3.8, 4) is 5.75 Å². The molecule has 0 radical (unpaired) electrons. The lowest BCUT2D eigenvalue weighted by Gasteiger charge is -2.20. The summed E-state index contributed by atoms with van der Waals surface area (Å²) in [5, 5.41) is 2.91. The van der Waals surface area contributed by atoms with Crippen LogP contribution in [0.25, 0.3) is 0 Å². The van der Waals surface area contributed by atoms with Gasteiger partial charge in [-0.05, 0) is 18.6 Å². The van der Waals surface area contributed by atoms with E-state index in [1.54, 1.807) is 12.1 Å². The van der Waals surface area contributed by atoms with Crippen molar-refractivity contribution in [3.05, 3.63) is 63.4 Å². The van der Waals surface area contributed by atoms with Crippen molar-refractivity contribution in [2.45, 2.75) is 25.7 Å². The largest absolute Gasteiger partial charge is 0.436 e. The van der Waals surface area contributed by atoms with Crippen LogP contribution >= 0.6 is 8.53 Å². The number of carbonyl (C=O) groups excluding carboxylic acids is 1. The third kappa shape index (κ3) is 5.36. The molecule has 0 saturated carbocycles. The van der Waals surface area contributed by atoms with E-state index in [-0.39, 0.29) is 25.2 Å². The second-order valence-electron chi connectivity index (χ2n) is 6.37. The SMILES string of the molecule is C[C@H]1C[C@@H](CO[P@@](NCC=O)Oc2ccccc2)O[C@H]1n1ccc(=O)[nH]c1=O. The van der Waals surface area contributed by atoms with E-state index in [9.17, 15) is 14.4 Å². The first-order valence-corrected chi connectivity index (χ1v) is 10.0. The Morgan fingerprint density at radius 1 is 1.32 bits per heavy atom. The number of para-hydroxylation sites is 1. The molecule has 0 amide bonds. The number of ether oxygens (including phenoxy) is 1. The number of carbonyl (C=O) groups is 1. The molecule has 1 saturated heterocycles. The zero-order chi connectivity index (χ0) is 19.9. The van der Waals surface area contributed by atoms with Crippen LogP contribution in [0.4, 0.5) is 0 Å². The summed E-state index contributed by atoms with van der Waals surface area (Å²) >= 11 is 0. The number of rotatable bonds is 9. The van der Waals surface area contributed by atoms with Gasteiger partial charge in [0.05, 0.1) is 19.3 Å². The predicted molar refractivity (Wildman–Crippen MR) is 103 cm³/mol. The Labute approximate surface area is 162 Å². The molecule has 0 bridgehead atoms. The Morgan fingerprint density at radius 3 is 2.82 bits per heavy atom. The Hall–Kier alpha value is -2.32. The highest BCUT2D eigenvalue weighted by Crippen LogP contribution is 2.38. The van der Waals surface area contributed by atoms with Crippen LogP contribution in [0.2, 0.25) is 0 Å². The minimum absolute atomic E-state index is 0.0569. The minimum atomic E-state index is -1.53. The Morgan fingerprint density at radius 2 is 2.11 bits per heavy atom. The summed E-state index contributed by atoms with van der Waals surface area (Å²) in [5.74, 6) is 0.687. The van der Waals surface area contributed by atoms with Gasteiger partial charge < -0.3 is 18.6 Å². The van der Waals surface area contributed by atoms with Crippen LogP contribution in [-0.2, 0) is 14.1 Å². The highest BCUT2D eigenvalue weighted by molar-refractivity contribution is 7.45. The molecule has 1 aromatic heterocycles. The fourth-order valence-electron chi connectivity index (χ4n) is 2.94. The van der Waals surface area contributed by atoms with E-state index in [2.05, 4.69) is 10.1 Å². The molecule has 28 heavy (non-hydrogen) atoms. The Bertz CT molecular complexity index is 887. The zero-order valence-corrected chi connectivity index (χ0v) is 16.2. The van der Waals surface area contributed by atoms with Gasteiger partial charge in [-0.2, -0.15) is 0 Å². The third-order valence-corrected chi connectivity index (χ3v) is 5.39. The number of nitrogens with zero attached hydrogens (tertiary/aromatic N) is 1. The van der Waals surface area contributed by atoms with Crippen molar-refractivity contribution in [2.24, 2.45) is 5.92 Å². The van der Waals surface area contributed by atoms with Crippen molar-refractivity contribution in [1.82, 2.24) is 14.6 Å². The van der Waals surface area contributed by atoms with Gasteiger partial charge >= 0.3 is 14.2 Å². The standard InChI is InChI=1S/C18H22N3O6P/c1-13-11-15(26-17(13)21-9-7-16(23)20-18(21)24)12-25-28(19-8-10-22)27-14-5-3-2-4-6-14/h2-7,9-10,13,15,17,19H,8,11-12H2,1H3,(H,20,23,24)/t13-,15-,17+,28+/m0/s1. The highest BCUT2D eigenvalue weighted by atomic mass is 31.2. The van der Waals surface area contributed by atoms with Crippen LogP contribution in [0.5, 0.6) is 5.75 Å². The number of nitrogens with one attached hydrogen (secondary N) is 2. The molecule has 9 nitrogen and oxygen atoms in total. The van der Waals surface area contributed by atoms with E-state index in [4.69, 9.17) is 13.8 Å². The fraction of sp³-hybridized carbons (Fsp3) is 0.389. The first-order valence-electron chi connectivity index (χ1n) is 8.87. The molecule has 1 aromatic carbocycles. The second-order valence-corrected chi connectivity index (χ2v) is 7.64. The van der Waals surface area contributed by atoms with E-state index in [0.29, 0.717) is 12.2 Å². The number of aromatic nitrogens is 2. The average Bonchev–Trinajstić information content (AvgIpc) is 3.05.